The van der Waals surface area contributed by atoms with Crippen LogP contribution in [0.3, 0.4) is 0 Å². The first kappa shape index (κ1) is 40.8. The number of benzene rings is 3. The fourth-order valence-electron chi connectivity index (χ4n) is 5.87. The van der Waals surface area contributed by atoms with Gasteiger partial charge in [0.25, 0.3) is 0 Å². The van der Waals surface area contributed by atoms with E-state index in [1.54, 1.807) is 12.1 Å². The summed E-state index contributed by atoms with van der Waals surface area (Å²) in [6.45, 7) is -2.54. The minimum Gasteiger partial charge on any atom is -0.484 e. The van der Waals surface area contributed by atoms with Crippen molar-refractivity contribution in [3.05, 3.63) is 72.3 Å². The van der Waals surface area contributed by atoms with Gasteiger partial charge in [-0.1, -0.05) is 24.3 Å². The van der Waals surface area contributed by atoms with Crippen molar-refractivity contribution in [2.45, 2.75) is 54.2 Å². The van der Waals surface area contributed by atoms with E-state index in [2.05, 4.69) is 34.8 Å². The predicted molar refractivity (Wildman–Crippen MR) is 188 cm³/mol. The van der Waals surface area contributed by atoms with Crippen molar-refractivity contribution in [2.24, 2.45) is 17.0 Å². The summed E-state index contributed by atoms with van der Waals surface area (Å²) in [4.78, 5) is 8.58. The number of alkyl halides is 6. The molecule has 1 saturated carbocycles. The number of fused-ring (bicyclic) bond motifs is 1. The minimum absolute atomic E-state index is 0.0329. The molecule has 3 aromatic carbocycles. The molecule has 294 valence electrons. The summed E-state index contributed by atoms with van der Waals surface area (Å²) < 4.78 is 138. The van der Waals surface area contributed by atoms with Crippen LogP contribution in [0, 0.1) is 11.8 Å². The van der Waals surface area contributed by atoms with Gasteiger partial charge < -0.3 is 20.1 Å². The number of primary sulfonamides is 1. The van der Waals surface area contributed by atoms with Crippen LogP contribution in [-0.4, -0.2) is 72.0 Å². The summed E-state index contributed by atoms with van der Waals surface area (Å²) in [6.07, 6.45) is -6.22. The lowest BCUT2D eigenvalue weighted by Crippen LogP contribution is -2.33. The molecule has 0 amide bonds. The summed E-state index contributed by atoms with van der Waals surface area (Å²) in [5, 5.41) is 12.6. The zero-order valence-electron chi connectivity index (χ0n) is 28.6. The third-order valence-corrected chi connectivity index (χ3v) is 11.0. The maximum atomic E-state index is 13.2. The highest BCUT2D eigenvalue weighted by molar-refractivity contribution is 7.89. The van der Waals surface area contributed by atoms with E-state index in [9.17, 15) is 43.2 Å². The lowest BCUT2D eigenvalue weighted by atomic mass is 9.82. The molecule has 4 aromatic rings. The lowest BCUT2D eigenvalue weighted by molar-refractivity contribution is -0.154. The molecule has 12 nitrogen and oxygen atoms in total. The minimum atomic E-state index is -4.79. The molecular formula is C34H38F6N6O6S2. The van der Waals surface area contributed by atoms with Crippen LogP contribution >= 0.6 is 0 Å². The fraction of sp³-hybridized carbons (Fsp3) is 0.412. The number of halogens is 6. The van der Waals surface area contributed by atoms with Gasteiger partial charge in [0.15, 0.2) is 13.2 Å². The van der Waals surface area contributed by atoms with E-state index in [0.29, 0.717) is 50.2 Å². The van der Waals surface area contributed by atoms with Gasteiger partial charge >= 0.3 is 12.4 Å². The second kappa shape index (κ2) is 17.0. The van der Waals surface area contributed by atoms with Crippen LogP contribution in [0.25, 0.3) is 10.9 Å². The van der Waals surface area contributed by atoms with Crippen LogP contribution < -0.4 is 30.0 Å². The molecule has 1 aliphatic carbocycles. The van der Waals surface area contributed by atoms with Crippen molar-refractivity contribution in [1.82, 2.24) is 14.7 Å². The summed E-state index contributed by atoms with van der Waals surface area (Å²) in [6, 6.07) is 16.2. The van der Waals surface area contributed by atoms with Gasteiger partial charge in [-0.05, 0) is 85.9 Å². The van der Waals surface area contributed by atoms with Crippen LogP contribution in [0.1, 0.15) is 31.2 Å². The van der Waals surface area contributed by atoms with E-state index in [0.717, 1.165) is 41.4 Å². The Morgan fingerprint density at radius 3 is 2.04 bits per heavy atom. The molecule has 1 aliphatic rings. The molecule has 20 heteroatoms. The molecule has 0 unspecified atom stereocenters. The van der Waals surface area contributed by atoms with Crippen molar-refractivity contribution >= 4 is 42.7 Å². The third kappa shape index (κ3) is 12.1. The Labute approximate surface area is 308 Å². The number of anilines is 2. The monoisotopic (exact) mass is 804 g/mol. The van der Waals surface area contributed by atoms with Gasteiger partial charge in [-0.3, -0.25) is 0 Å². The number of sulfonamides is 2. The molecule has 5 N–H and O–H groups in total. The van der Waals surface area contributed by atoms with Gasteiger partial charge in [0.2, 0.25) is 26.0 Å². The molecule has 0 aliphatic heterocycles. The molecular weight excluding hydrogens is 767 g/mol. The molecule has 0 spiro atoms. The van der Waals surface area contributed by atoms with Gasteiger partial charge in [0.05, 0.1) is 10.4 Å². The van der Waals surface area contributed by atoms with E-state index in [4.69, 9.17) is 5.14 Å². The number of nitrogens with one attached hydrogen (secondary N) is 3. The van der Waals surface area contributed by atoms with E-state index < -0.39 is 62.0 Å². The molecule has 0 atom stereocenters. The molecule has 54 heavy (non-hydrogen) atoms. The molecule has 5 rings (SSSR count). The summed E-state index contributed by atoms with van der Waals surface area (Å²) in [5.74, 6) is -0.0644. The number of nitrogens with zero attached hydrogens (tertiary/aromatic N) is 2. The van der Waals surface area contributed by atoms with Crippen molar-refractivity contribution < 1.29 is 52.7 Å². The van der Waals surface area contributed by atoms with Crippen LogP contribution in [0.2, 0.25) is 0 Å². The largest absolute Gasteiger partial charge is 0.484 e. The molecule has 0 radical (unpaired) electrons. The van der Waals surface area contributed by atoms with Crippen molar-refractivity contribution in [2.75, 3.05) is 43.5 Å². The Morgan fingerprint density at radius 2 is 1.39 bits per heavy atom. The highest BCUT2D eigenvalue weighted by Gasteiger charge is 2.32. The maximum absolute atomic E-state index is 13.2. The molecule has 1 fully saturated rings. The normalized spacial score (nSPS) is 16.9. The number of nitrogens with two attached hydrogens (primary N) is 1. The Bertz CT molecular complexity index is 2110. The number of ether oxygens (including phenoxy) is 2. The summed E-state index contributed by atoms with van der Waals surface area (Å²) in [7, 11) is -8.29. The average molecular weight is 805 g/mol. The van der Waals surface area contributed by atoms with E-state index in [1.807, 2.05) is 24.3 Å². The highest BCUT2D eigenvalue weighted by Crippen LogP contribution is 2.33. The second-order valence-electron chi connectivity index (χ2n) is 12.8. The highest BCUT2D eigenvalue weighted by atomic mass is 32.2. The molecule has 1 heterocycles. The third-order valence-electron chi connectivity index (χ3n) is 8.64. The van der Waals surface area contributed by atoms with Gasteiger partial charge in [-0.2, -0.15) is 31.3 Å². The zero-order valence-corrected chi connectivity index (χ0v) is 30.2. The lowest BCUT2D eigenvalue weighted by Gasteiger charge is -2.29. The van der Waals surface area contributed by atoms with Crippen LogP contribution in [-0.2, 0) is 26.5 Å². The second-order valence-corrected chi connectivity index (χ2v) is 16.1. The first-order chi connectivity index (χ1) is 25.3. The summed E-state index contributed by atoms with van der Waals surface area (Å²) >= 11 is 0. The summed E-state index contributed by atoms with van der Waals surface area (Å²) in [5.41, 5.74) is 1.62. The smallest absolute Gasteiger partial charge is 0.422 e. The molecule has 0 saturated heterocycles. The maximum Gasteiger partial charge on any atom is 0.422 e. The molecule has 1 aromatic heterocycles. The van der Waals surface area contributed by atoms with Gasteiger partial charge in [0.1, 0.15) is 22.2 Å². The topological polar surface area (TPSA) is 175 Å². The van der Waals surface area contributed by atoms with E-state index in [1.165, 1.54) is 12.1 Å². The van der Waals surface area contributed by atoms with Gasteiger partial charge in [0, 0.05) is 31.1 Å². The quantitative estimate of drug-likeness (QED) is 0.0983. The number of hydrogen-bond donors (Lipinski definition) is 4. The Balaban J connectivity index is 1.15. The van der Waals surface area contributed by atoms with Crippen LogP contribution in [0.15, 0.2) is 76.5 Å². The van der Waals surface area contributed by atoms with Crippen LogP contribution in [0.5, 0.6) is 11.5 Å². The number of aromatic nitrogens is 2. The Hall–Kier alpha value is -4.40. The SMILES string of the molecule is NS(=O)(=O)c1ccc(CCNc2nc(NCC3CCC(CNS(=O)(=O)c4cc(OCC(F)(F)F)ccc4OCC(F)(F)F)CC3)nc3ccccc23)cc1. The first-order valence-electron chi connectivity index (χ1n) is 16.7. The van der Waals surface area contributed by atoms with Crippen molar-refractivity contribution in [3.63, 3.8) is 0 Å². The van der Waals surface area contributed by atoms with E-state index in [-0.39, 0.29) is 23.3 Å². The number of hydrogen-bond acceptors (Lipinski definition) is 10. The number of rotatable bonds is 16. The van der Waals surface area contributed by atoms with Gasteiger partial charge in [-0.15, -0.1) is 0 Å². The zero-order chi connectivity index (χ0) is 39.1. The van der Waals surface area contributed by atoms with Crippen molar-refractivity contribution in [3.8, 4) is 11.5 Å². The van der Waals surface area contributed by atoms with Crippen molar-refractivity contribution in [1.29, 1.82) is 0 Å². The fourth-order valence-corrected chi connectivity index (χ4v) is 7.66. The average Bonchev–Trinajstić information content (AvgIpc) is 3.11. The number of para-hydroxylation sites is 1. The Morgan fingerprint density at radius 1 is 0.759 bits per heavy atom. The predicted octanol–water partition coefficient (Wildman–Crippen LogP) is 6.01. The molecule has 0 bridgehead atoms. The van der Waals surface area contributed by atoms with E-state index >= 15 is 0 Å². The standard InChI is InChI=1S/C34H38F6N6O6S2/c35-33(36,37)20-51-25-11-14-29(52-21-34(38,39)40)30(17-25)54(49,50)44-19-24-7-5-23(6-8-24)18-43-32-45-28-4-2-1-3-27(28)31(46-32)42-16-15-22-9-12-26(13-10-22)53(41,47)48/h1-4,9-14,17,23-24,44H,5-8,15-16,18-21H2,(H2,41,47,48)(H2,42,43,45,46). The Kier molecular flexibility index (Phi) is 12.8. The van der Waals surface area contributed by atoms with Crippen LogP contribution in [0.4, 0.5) is 38.1 Å². The first-order valence-corrected chi connectivity index (χ1v) is 19.8. The van der Waals surface area contributed by atoms with Gasteiger partial charge in [-0.25, -0.2) is 31.7 Å².